The van der Waals surface area contributed by atoms with E-state index in [0.29, 0.717) is 10.2 Å². The number of carbonyl (C=O) groups is 1. The summed E-state index contributed by atoms with van der Waals surface area (Å²) in [4.78, 5) is 18.9. The highest BCUT2D eigenvalue weighted by atomic mass is 19.4. The molecule has 1 aromatic carbocycles. The number of hydrogen-bond acceptors (Lipinski definition) is 5. The summed E-state index contributed by atoms with van der Waals surface area (Å²) in [6, 6.07) is 7.81. The number of carbonyl (C=O) groups excluding carboxylic acids is 1. The van der Waals surface area contributed by atoms with Crippen LogP contribution in [0.1, 0.15) is 34.6 Å². The van der Waals surface area contributed by atoms with Gasteiger partial charge in [0, 0.05) is 25.8 Å². The Morgan fingerprint density at radius 1 is 1.06 bits per heavy atom. The van der Waals surface area contributed by atoms with Gasteiger partial charge in [0.1, 0.15) is 11.6 Å². The van der Waals surface area contributed by atoms with Crippen LogP contribution in [-0.2, 0) is 12.7 Å². The number of benzene rings is 1. The van der Waals surface area contributed by atoms with Gasteiger partial charge in [-0.2, -0.15) is 13.2 Å². The fourth-order valence-electron chi connectivity index (χ4n) is 3.37. The maximum atomic E-state index is 13.7. The van der Waals surface area contributed by atoms with Crippen LogP contribution in [0.4, 0.5) is 23.4 Å². The van der Waals surface area contributed by atoms with Crippen LogP contribution < -0.4 is 10.2 Å². The quantitative estimate of drug-likeness (QED) is 0.624. The molecule has 0 aliphatic carbocycles. The van der Waals surface area contributed by atoms with E-state index in [4.69, 9.17) is 0 Å². The Hall–Kier alpha value is -3.50. The van der Waals surface area contributed by atoms with E-state index >= 15 is 0 Å². The van der Waals surface area contributed by atoms with Crippen molar-refractivity contribution in [1.29, 1.82) is 0 Å². The van der Waals surface area contributed by atoms with Crippen molar-refractivity contribution >= 4 is 11.7 Å². The van der Waals surface area contributed by atoms with Gasteiger partial charge in [-0.3, -0.25) is 4.79 Å². The molecule has 0 radical (unpaired) electrons. The largest absolute Gasteiger partial charge is 0.435 e. The van der Waals surface area contributed by atoms with Crippen LogP contribution in [0.5, 0.6) is 0 Å². The van der Waals surface area contributed by atoms with Gasteiger partial charge in [0.2, 0.25) is 0 Å². The van der Waals surface area contributed by atoms with Crippen LogP contribution in [0.15, 0.2) is 42.6 Å². The van der Waals surface area contributed by atoms with Crippen molar-refractivity contribution < 1.29 is 22.4 Å². The molecule has 31 heavy (non-hydrogen) atoms. The first-order valence-electron chi connectivity index (χ1n) is 9.60. The van der Waals surface area contributed by atoms with Crippen molar-refractivity contribution in [3.8, 4) is 5.69 Å². The Bertz CT molecular complexity index is 1060. The summed E-state index contributed by atoms with van der Waals surface area (Å²) < 4.78 is 54.5. The van der Waals surface area contributed by atoms with Gasteiger partial charge in [0.15, 0.2) is 11.4 Å². The number of alkyl halides is 3. The first-order valence-corrected chi connectivity index (χ1v) is 9.60. The summed E-state index contributed by atoms with van der Waals surface area (Å²) in [5.74, 6) is -0.807. The maximum absolute atomic E-state index is 13.7. The number of halogens is 4. The van der Waals surface area contributed by atoms with Gasteiger partial charge >= 0.3 is 6.18 Å². The van der Waals surface area contributed by atoms with Gasteiger partial charge in [0.25, 0.3) is 5.91 Å². The zero-order valence-corrected chi connectivity index (χ0v) is 16.2. The summed E-state index contributed by atoms with van der Waals surface area (Å²) in [6.45, 7) is 1.85. The molecule has 7 nitrogen and oxygen atoms in total. The molecule has 0 bridgehead atoms. The molecule has 1 aliphatic heterocycles. The summed E-state index contributed by atoms with van der Waals surface area (Å²) in [5.41, 5.74) is -1.63. The zero-order valence-electron chi connectivity index (χ0n) is 16.2. The summed E-state index contributed by atoms with van der Waals surface area (Å²) in [5, 5.41) is 9.31. The van der Waals surface area contributed by atoms with Crippen molar-refractivity contribution in [3.63, 3.8) is 0 Å². The van der Waals surface area contributed by atoms with Crippen molar-refractivity contribution in [2.75, 3.05) is 18.0 Å². The van der Waals surface area contributed by atoms with Crippen LogP contribution in [0.3, 0.4) is 0 Å². The SMILES string of the molecule is O=C(NCc1ccc(N2CCCC2)nc1)c1nnn(-c2ccc(F)cc2)c1C(F)(F)F. The van der Waals surface area contributed by atoms with Crippen LogP contribution in [0.25, 0.3) is 5.69 Å². The van der Waals surface area contributed by atoms with Crippen LogP contribution in [0, 0.1) is 5.82 Å². The third-order valence-corrected chi connectivity index (χ3v) is 4.92. The van der Waals surface area contributed by atoms with Gasteiger partial charge < -0.3 is 10.2 Å². The maximum Gasteiger partial charge on any atom is 0.435 e. The number of nitrogens with zero attached hydrogens (tertiary/aromatic N) is 5. The Morgan fingerprint density at radius 3 is 2.39 bits per heavy atom. The van der Waals surface area contributed by atoms with Gasteiger partial charge in [-0.25, -0.2) is 14.1 Å². The molecule has 0 atom stereocenters. The van der Waals surface area contributed by atoms with Crippen LogP contribution >= 0.6 is 0 Å². The van der Waals surface area contributed by atoms with E-state index in [1.54, 1.807) is 12.3 Å². The molecule has 11 heteroatoms. The highest BCUT2D eigenvalue weighted by Gasteiger charge is 2.42. The molecule has 1 N–H and O–H groups in total. The average molecular weight is 434 g/mol. The number of amides is 1. The van der Waals surface area contributed by atoms with Crippen molar-refractivity contribution in [3.05, 3.63) is 65.4 Å². The summed E-state index contributed by atoms with van der Waals surface area (Å²) in [6.07, 6.45) is -1.10. The molecular formula is C20H18F4N6O. The summed E-state index contributed by atoms with van der Waals surface area (Å²) in [7, 11) is 0. The minimum absolute atomic E-state index is 0.0210. The van der Waals surface area contributed by atoms with Gasteiger partial charge in [-0.15, -0.1) is 5.10 Å². The number of rotatable bonds is 5. The normalized spacial score (nSPS) is 14.1. The second-order valence-electron chi connectivity index (χ2n) is 7.07. The zero-order chi connectivity index (χ0) is 22.0. The van der Waals surface area contributed by atoms with Gasteiger partial charge in [-0.05, 0) is 48.7 Å². The molecule has 0 spiro atoms. The van der Waals surface area contributed by atoms with Crippen molar-refractivity contribution in [1.82, 2.24) is 25.3 Å². The van der Waals surface area contributed by atoms with E-state index in [1.165, 1.54) is 0 Å². The van der Waals surface area contributed by atoms with E-state index in [9.17, 15) is 22.4 Å². The van der Waals surface area contributed by atoms with Crippen molar-refractivity contribution in [2.24, 2.45) is 0 Å². The van der Waals surface area contributed by atoms with E-state index < -0.39 is 29.3 Å². The molecule has 1 amide bonds. The van der Waals surface area contributed by atoms with E-state index in [0.717, 1.165) is 56.0 Å². The molecule has 3 aromatic rings. The smallest absolute Gasteiger partial charge is 0.357 e. The predicted octanol–water partition coefficient (Wildman–Crippen LogP) is 3.35. The topological polar surface area (TPSA) is 75.9 Å². The molecule has 1 saturated heterocycles. The Labute approximate surface area is 174 Å². The fourth-order valence-corrected chi connectivity index (χ4v) is 3.37. The Morgan fingerprint density at radius 2 is 1.77 bits per heavy atom. The summed E-state index contributed by atoms with van der Waals surface area (Å²) >= 11 is 0. The average Bonchev–Trinajstić information content (AvgIpc) is 3.43. The standard InChI is InChI=1S/C20H18F4N6O/c21-14-4-6-15(7-5-14)30-18(20(22,23)24)17(27-28-30)19(31)26-12-13-3-8-16(25-11-13)29-9-1-2-10-29/h3-8,11H,1-2,9-10,12H2,(H,26,31). The van der Waals surface area contributed by atoms with E-state index in [1.807, 2.05) is 6.07 Å². The molecule has 0 saturated carbocycles. The Balaban J connectivity index is 1.51. The lowest BCUT2D eigenvalue weighted by Gasteiger charge is -2.16. The van der Waals surface area contributed by atoms with Crippen LogP contribution in [0.2, 0.25) is 0 Å². The second kappa shape index (κ2) is 8.32. The lowest BCUT2D eigenvalue weighted by atomic mass is 10.2. The minimum Gasteiger partial charge on any atom is -0.357 e. The van der Waals surface area contributed by atoms with Gasteiger partial charge in [0.05, 0.1) is 5.69 Å². The first-order chi connectivity index (χ1) is 14.8. The number of anilines is 1. The number of aromatic nitrogens is 4. The third kappa shape index (κ3) is 4.49. The highest BCUT2D eigenvalue weighted by Crippen LogP contribution is 2.32. The predicted molar refractivity (Wildman–Crippen MR) is 103 cm³/mol. The monoisotopic (exact) mass is 434 g/mol. The third-order valence-electron chi connectivity index (χ3n) is 4.92. The fraction of sp³-hybridized carbons (Fsp3) is 0.300. The Kier molecular flexibility index (Phi) is 5.57. The van der Waals surface area contributed by atoms with Gasteiger partial charge in [-0.1, -0.05) is 11.3 Å². The first kappa shape index (κ1) is 20.8. The number of pyridine rings is 1. The number of nitrogens with one attached hydrogen (secondary N) is 1. The second-order valence-corrected chi connectivity index (χ2v) is 7.07. The van der Waals surface area contributed by atoms with E-state index in [2.05, 4.69) is 25.5 Å². The molecular weight excluding hydrogens is 416 g/mol. The number of hydrogen-bond donors (Lipinski definition) is 1. The minimum atomic E-state index is -4.90. The van der Waals surface area contributed by atoms with Crippen LogP contribution in [-0.4, -0.2) is 39.0 Å². The lowest BCUT2D eigenvalue weighted by molar-refractivity contribution is -0.143. The molecule has 4 rings (SSSR count). The molecule has 3 heterocycles. The molecule has 0 unspecified atom stereocenters. The van der Waals surface area contributed by atoms with Crippen molar-refractivity contribution in [2.45, 2.75) is 25.6 Å². The van der Waals surface area contributed by atoms with E-state index in [-0.39, 0.29) is 12.2 Å². The highest BCUT2D eigenvalue weighted by molar-refractivity contribution is 5.93. The molecule has 162 valence electrons. The molecule has 2 aromatic heterocycles. The molecule has 1 aliphatic rings. The molecule has 1 fully saturated rings. The lowest BCUT2D eigenvalue weighted by Crippen LogP contribution is -2.27.